The Bertz CT molecular complexity index is 166. The summed E-state index contributed by atoms with van der Waals surface area (Å²) >= 11 is 0. The van der Waals surface area contributed by atoms with E-state index in [4.69, 9.17) is 13.3 Å². The second-order valence-corrected chi connectivity index (χ2v) is 6.18. The Labute approximate surface area is 101 Å². The van der Waals surface area contributed by atoms with E-state index in [2.05, 4.69) is 12.2 Å². The van der Waals surface area contributed by atoms with Gasteiger partial charge in [-0.05, 0) is 40.5 Å². The van der Waals surface area contributed by atoms with E-state index < -0.39 is 8.80 Å². The largest absolute Gasteiger partial charge is 0.500 e. The average Bonchev–Trinajstić information content (AvgIpc) is 2.26. The molecule has 0 N–H and O–H groups in total. The van der Waals surface area contributed by atoms with Gasteiger partial charge in [-0.2, -0.15) is 0 Å². The molecule has 0 aliphatic rings. The van der Waals surface area contributed by atoms with E-state index in [9.17, 15) is 0 Å². The number of hydrogen-bond acceptors (Lipinski definition) is 3. The van der Waals surface area contributed by atoms with Gasteiger partial charge in [-0.1, -0.05) is 12.2 Å². The van der Waals surface area contributed by atoms with Gasteiger partial charge in [-0.3, -0.25) is 0 Å². The van der Waals surface area contributed by atoms with Crippen LogP contribution in [0.5, 0.6) is 0 Å². The highest BCUT2D eigenvalue weighted by molar-refractivity contribution is 6.60. The predicted octanol–water partition coefficient (Wildman–Crippen LogP) is 3.39. The number of rotatable bonds is 10. The molecule has 3 nitrogen and oxygen atoms in total. The molecule has 4 heteroatoms. The Morgan fingerprint density at radius 1 is 0.938 bits per heavy atom. The fraction of sp³-hybridized carbons (Fsp3) is 0.833. The molecule has 0 radical (unpaired) electrons. The van der Waals surface area contributed by atoms with Crippen molar-refractivity contribution in [1.82, 2.24) is 0 Å². The van der Waals surface area contributed by atoms with Gasteiger partial charge in [0, 0.05) is 25.9 Å². The molecule has 0 aromatic rings. The summed E-state index contributed by atoms with van der Waals surface area (Å²) in [5.41, 5.74) is 0. The number of allylic oxidation sites excluding steroid dienone is 2. The molecule has 0 spiro atoms. The van der Waals surface area contributed by atoms with Gasteiger partial charge < -0.3 is 13.3 Å². The highest BCUT2D eigenvalue weighted by atomic mass is 28.4. The summed E-state index contributed by atoms with van der Waals surface area (Å²) in [6, 6.07) is 0.910. The first-order valence-corrected chi connectivity index (χ1v) is 8.20. The lowest BCUT2D eigenvalue weighted by Gasteiger charge is -2.28. The van der Waals surface area contributed by atoms with Crippen LogP contribution in [0.2, 0.25) is 6.04 Å². The molecule has 0 aromatic carbocycles. The monoisotopic (exact) mass is 246 g/mol. The lowest BCUT2D eigenvalue weighted by atomic mass is 10.3. The summed E-state index contributed by atoms with van der Waals surface area (Å²) in [7, 11) is -2.38. The zero-order chi connectivity index (χ0) is 12.3. The summed E-state index contributed by atoms with van der Waals surface area (Å²) in [5.74, 6) is 0. The number of unbranched alkanes of at least 4 members (excludes halogenated alkanes) is 1. The first kappa shape index (κ1) is 15.8. The molecule has 96 valence electrons. The highest BCUT2D eigenvalue weighted by Gasteiger charge is 2.39. The van der Waals surface area contributed by atoms with Crippen LogP contribution in [-0.2, 0) is 13.3 Å². The Balaban J connectivity index is 4.22. The van der Waals surface area contributed by atoms with Gasteiger partial charge in [0.2, 0.25) is 0 Å². The molecule has 0 heterocycles. The van der Waals surface area contributed by atoms with Gasteiger partial charge in [-0.15, -0.1) is 0 Å². The minimum atomic E-state index is -2.38. The smallest absolute Gasteiger partial charge is 0.374 e. The van der Waals surface area contributed by atoms with Crippen LogP contribution in [0.4, 0.5) is 0 Å². The van der Waals surface area contributed by atoms with E-state index in [0.29, 0.717) is 19.8 Å². The van der Waals surface area contributed by atoms with Crippen molar-refractivity contribution in [2.24, 2.45) is 0 Å². The molecule has 0 unspecified atom stereocenters. The molecule has 0 saturated heterocycles. The van der Waals surface area contributed by atoms with Crippen LogP contribution in [0.25, 0.3) is 0 Å². The highest BCUT2D eigenvalue weighted by Crippen LogP contribution is 2.19. The molecule has 16 heavy (non-hydrogen) atoms. The molecule has 0 aromatic heterocycles. The zero-order valence-corrected chi connectivity index (χ0v) is 12.1. The Morgan fingerprint density at radius 2 is 1.44 bits per heavy atom. The molecule has 0 aliphatic heterocycles. The Hall–Kier alpha value is -0.163. The predicted molar refractivity (Wildman–Crippen MR) is 69.5 cm³/mol. The van der Waals surface area contributed by atoms with Crippen molar-refractivity contribution in [2.75, 3.05) is 19.8 Å². The minimum Gasteiger partial charge on any atom is -0.374 e. The first-order chi connectivity index (χ1) is 7.74. The van der Waals surface area contributed by atoms with Crippen LogP contribution in [-0.4, -0.2) is 28.6 Å². The van der Waals surface area contributed by atoms with Gasteiger partial charge in [0.1, 0.15) is 0 Å². The molecule has 0 rings (SSSR count). The molecular formula is C12H26O3Si. The van der Waals surface area contributed by atoms with Crippen LogP contribution in [0.1, 0.15) is 40.5 Å². The van der Waals surface area contributed by atoms with E-state index in [1.54, 1.807) is 0 Å². The maximum Gasteiger partial charge on any atom is 0.500 e. The van der Waals surface area contributed by atoms with Gasteiger partial charge in [0.05, 0.1) is 0 Å². The van der Waals surface area contributed by atoms with Crippen LogP contribution in [0, 0.1) is 0 Å². The van der Waals surface area contributed by atoms with Crippen LogP contribution >= 0.6 is 0 Å². The fourth-order valence-corrected chi connectivity index (χ4v) is 4.24. The van der Waals surface area contributed by atoms with Gasteiger partial charge in [-0.25, -0.2) is 0 Å². The van der Waals surface area contributed by atoms with Crippen molar-refractivity contribution < 1.29 is 13.3 Å². The van der Waals surface area contributed by atoms with Crippen molar-refractivity contribution in [3.63, 3.8) is 0 Å². The molecule has 0 amide bonds. The Morgan fingerprint density at radius 3 is 1.81 bits per heavy atom. The summed E-state index contributed by atoms with van der Waals surface area (Å²) in [5, 5.41) is 0. The molecule has 0 aliphatic carbocycles. The van der Waals surface area contributed by atoms with Crippen LogP contribution < -0.4 is 0 Å². The fourth-order valence-electron chi connectivity index (χ4n) is 1.60. The van der Waals surface area contributed by atoms with Crippen molar-refractivity contribution in [3.05, 3.63) is 12.2 Å². The van der Waals surface area contributed by atoms with Crippen molar-refractivity contribution in [1.29, 1.82) is 0 Å². The average molecular weight is 246 g/mol. The lowest BCUT2D eigenvalue weighted by molar-refractivity contribution is 0.0709. The molecule has 0 fully saturated rings. The first-order valence-electron chi connectivity index (χ1n) is 6.27. The maximum absolute atomic E-state index is 5.76. The van der Waals surface area contributed by atoms with Crippen molar-refractivity contribution >= 4 is 8.80 Å². The molecule has 0 saturated carbocycles. The molecule has 0 atom stereocenters. The van der Waals surface area contributed by atoms with E-state index in [0.717, 1.165) is 18.9 Å². The summed E-state index contributed by atoms with van der Waals surface area (Å²) < 4.78 is 17.3. The quantitative estimate of drug-likeness (QED) is 0.336. The van der Waals surface area contributed by atoms with Crippen LogP contribution in [0.15, 0.2) is 12.2 Å². The third-order valence-corrected chi connectivity index (χ3v) is 5.33. The maximum atomic E-state index is 5.76. The summed E-state index contributed by atoms with van der Waals surface area (Å²) in [6.45, 7) is 10.0. The van der Waals surface area contributed by atoms with E-state index in [1.807, 2.05) is 27.7 Å². The third kappa shape index (κ3) is 6.43. The van der Waals surface area contributed by atoms with Crippen LogP contribution in [0.3, 0.4) is 0 Å². The SMILES string of the molecule is CC=CCCC[Si](OCC)(OCC)OCC. The van der Waals surface area contributed by atoms with Gasteiger partial charge >= 0.3 is 8.80 Å². The van der Waals surface area contributed by atoms with Gasteiger partial charge in [0.25, 0.3) is 0 Å². The summed E-state index contributed by atoms with van der Waals surface area (Å²) in [4.78, 5) is 0. The van der Waals surface area contributed by atoms with E-state index >= 15 is 0 Å². The minimum absolute atomic E-state index is 0.663. The van der Waals surface area contributed by atoms with E-state index in [1.165, 1.54) is 0 Å². The standard InChI is InChI=1S/C12H26O3Si/c1-5-9-10-11-12-16(13-6-2,14-7-3)15-8-4/h5,9H,6-8,10-12H2,1-4H3. The molecular weight excluding hydrogens is 220 g/mol. The third-order valence-electron chi connectivity index (χ3n) is 2.18. The lowest BCUT2D eigenvalue weighted by Crippen LogP contribution is -2.45. The van der Waals surface area contributed by atoms with Gasteiger partial charge in [0.15, 0.2) is 0 Å². The van der Waals surface area contributed by atoms with E-state index in [-0.39, 0.29) is 0 Å². The second kappa shape index (κ2) is 10.0. The Kier molecular flexibility index (Phi) is 9.92. The second-order valence-electron chi connectivity index (χ2n) is 3.44. The molecule has 0 bridgehead atoms. The normalized spacial score (nSPS) is 12.5. The topological polar surface area (TPSA) is 27.7 Å². The zero-order valence-electron chi connectivity index (χ0n) is 11.1. The van der Waals surface area contributed by atoms with Crippen molar-refractivity contribution in [2.45, 2.75) is 46.6 Å². The summed E-state index contributed by atoms with van der Waals surface area (Å²) in [6.07, 6.45) is 6.38. The van der Waals surface area contributed by atoms with Crippen molar-refractivity contribution in [3.8, 4) is 0 Å². The number of hydrogen-bond donors (Lipinski definition) is 0.